The maximum atomic E-state index is 12.1. The fourth-order valence-electron chi connectivity index (χ4n) is 1.81. The van der Waals surface area contributed by atoms with Crippen LogP contribution in [0.5, 0.6) is 0 Å². The zero-order chi connectivity index (χ0) is 15.5. The van der Waals surface area contributed by atoms with E-state index < -0.39 is 21.9 Å². The Morgan fingerprint density at radius 1 is 1.50 bits per heavy atom. The predicted molar refractivity (Wildman–Crippen MR) is 73.8 cm³/mol. The Bertz CT molecular complexity index is 578. The molecule has 20 heavy (non-hydrogen) atoms. The van der Waals surface area contributed by atoms with Gasteiger partial charge >= 0.3 is 5.97 Å². The minimum atomic E-state index is -3.78. The molecule has 1 unspecified atom stereocenters. The van der Waals surface area contributed by atoms with Gasteiger partial charge in [-0.05, 0) is 19.8 Å². The van der Waals surface area contributed by atoms with E-state index in [2.05, 4.69) is 9.71 Å². The highest BCUT2D eigenvalue weighted by Crippen LogP contribution is 2.13. The molecule has 0 saturated heterocycles. The van der Waals surface area contributed by atoms with Gasteiger partial charge in [-0.3, -0.25) is 4.79 Å². The summed E-state index contributed by atoms with van der Waals surface area (Å²) in [5.41, 5.74) is 0. The molecule has 0 fully saturated rings. The summed E-state index contributed by atoms with van der Waals surface area (Å²) in [4.78, 5) is 15.0. The molecule has 1 rings (SSSR count). The van der Waals surface area contributed by atoms with Crippen molar-refractivity contribution in [2.75, 3.05) is 6.54 Å². The number of carboxylic acid groups (broad SMARTS) is 1. The molecule has 0 aliphatic carbocycles. The summed E-state index contributed by atoms with van der Waals surface area (Å²) < 4.78 is 28.2. The number of aromatic nitrogens is 2. The van der Waals surface area contributed by atoms with Gasteiger partial charge in [-0.15, -0.1) is 0 Å². The van der Waals surface area contributed by atoms with Gasteiger partial charge < -0.3 is 9.67 Å². The first-order valence-corrected chi connectivity index (χ1v) is 7.93. The third kappa shape index (κ3) is 3.80. The van der Waals surface area contributed by atoms with E-state index >= 15 is 0 Å². The van der Waals surface area contributed by atoms with Gasteiger partial charge in [-0.25, -0.2) is 18.1 Å². The smallest absolute Gasteiger partial charge is 0.308 e. The second-order valence-corrected chi connectivity index (χ2v) is 6.67. The van der Waals surface area contributed by atoms with Crippen LogP contribution in [-0.2, 0) is 21.4 Å². The molecular weight excluding hydrogens is 282 g/mol. The normalized spacial score (nSPS) is 13.7. The lowest BCUT2D eigenvalue weighted by Gasteiger charge is -2.16. The van der Waals surface area contributed by atoms with Crippen LogP contribution in [0.2, 0.25) is 0 Å². The Hall–Kier alpha value is -1.41. The van der Waals surface area contributed by atoms with Crippen LogP contribution in [0, 0.1) is 18.8 Å². The Balaban J connectivity index is 2.87. The number of carboxylic acids is 1. The van der Waals surface area contributed by atoms with E-state index in [-0.39, 0.29) is 17.5 Å². The van der Waals surface area contributed by atoms with Crippen LogP contribution in [-0.4, -0.2) is 35.6 Å². The summed E-state index contributed by atoms with van der Waals surface area (Å²) in [5.74, 6) is -1.34. The number of rotatable bonds is 7. The first kappa shape index (κ1) is 16.6. The highest BCUT2D eigenvalue weighted by molar-refractivity contribution is 7.89. The predicted octanol–water partition coefficient (Wildman–Crippen LogP) is 0.847. The average molecular weight is 303 g/mol. The zero-order valence-corrected chi connectivity index (χ0v) is 12.9. The Morgan fingerprint density at radius 3 is 2.50 bits per heavy atom. The largest absolute Gasteiger partial charge is 0.481 e. The van der Waals surface area contributed by atoms with Crippen molar-refractivity contribution >= 4 is 16.0 Å². The van der Waals surface area contributed by atoms with Crippen LogP contribution in [0.1, 0.15) is 26.6 Å². The van der Waals surface area contributed by atoms with Gasteiger partial charge in [0.1, 0.15) is 5.82 Å². The van der Waals surface area contributed by atoms with E-state index in [0.717, 1.165) is 0 Å². The molecule has 0 amide bonds. The number of hydrogen-bond acceptors (Lipinski definition) is 4. The van der Waals surface area contributed by atoms with Gasteiger partial charge in [0.25, 0.3) is 10.0 Å². The molecule has 1 aromatic rings. The zero-order valence-electron chi connectivity index (χ0n) is 12.1. The molecule has 1 atom stereocenters. The van der Waals surface area contributed by atoms with Crippen molar-refractivity contribution in [3.8, 4) is 0 Å². The molecule has 8 heteroatoms. The fourth-order valence-corrected chi connectivity index (χ4v) is 2.88. The Morgan fingerprint density at radius 2 is 2.10 bits per heavy atom. The van der Waals surface area contributed by atoms with Gasteiger partial charge in [0.15, 0.2) is 5.03 Å². The monoisotopic (exact) mass is 303 g/mol. The van der Waals surface area contributed by atoms with E-state index in [0.29, 0.717) is 12.4 Å². The lowest BCUT2D eigenvalue weighted by Crippen LogP contribution is -2.35. The number of nitrogens with zero attached hydrogens (tertiary/aromatic N) is 2. The fraction of sp³-hybridized carbons (Fsp3) is 0.667. The van der Waals surface area contributed by atoms with Crippen LogP contribution in [0.15, 0.2) is 11.2 Å². The maximum absolute atomic E-state index is 12.1. The average Bonchev–Trinajstić information content (AvgIpc) is 2.70. The molecule has 0 radical (unpaired) electrons. The van der Waals surface area contributed by atoms with Gasteiger partial charge in [-0.2, -0.15) is 0 Å². The van der Waals surface area contributed by atoms with Crippen molar-refractivity contribution in [3.63, 3.8) is 0 Å². The summed E-state index contributed by atoms with van der Waals surface area (Å²) in [6.07, 6.45) is 1.45. The van der Waals surface area contributed by atoms with Gasteiger partial charge in [0, 0.05) is 19.3 Å². The molecule has 7 nitrogen and oxygen atoms in total. The van der Waals surface area contributed by atoms with E-state index in [1.165, 1.54) is 6.20 Å². The first-order valence-electron chi connectivity index (χ1n) is 6.45. The number of sulfonamides is 1. The van der Waals surface area contributed by atoms with E-state index in [9.17, 15) is 13.2 Å². The van der Waals surface area contributed by atoms with E-state index in [1.807, 2.05) is 6.92 Å². The highest BCUT2D eigenvalue weighted by Gasteiger charge is 2.25. The van der Waals surface area contributed by atoms with E-state index in [4.69, 9.17) is 5.11 Å². The minimum Gasteiger partial charge on any atom is -0.481 e. The quantitative estimate of drug-likeness (QED) is 0.777. The van der Waals surface area contributed by atoms with Crippen molar-refractivity contribution < 1.29 is 18.3 Å². The summed E-state index contributed by atoms with van der Waals surface area (Å²) in [6, 6.07) is 0. The molecule has 114 valence electrons. The SMILES string of the molecule is CCn1cc(S(=O)(=O)NCC(C(=O)O)C(C)C)nc1C. The third-order valence-corrected chi connectivity index (χ3v) is 4.48. The van der Waals surface area contributed by atoms with Gasteiger partial charge in [-0.1, -0.05) is 13.8 Å². The molecule has 0 spiro atoms. The van der Waals surface area contributed by atoms with Crippen LogP contribution < -0.4 is 4.72 Å². The minimum absolute atomic E-state index is 0.0789. The molecular formula is C12H21N3O4S. The lowest BCUT2D eigenvalue weighted by molar-refractivity contribution is -0.142. The third-order valence-electron chi connectivity index (χ3n) is 3.19. The number of hydrogen-bond donors (Lipinski definition) is 2. The van der Waals surface area contributed by atoms with Crippen LogP contribution in [0.4, 0.5) is 0 Å². The standard InChI is InChI=1S/C12H21N3O4S/c1-5-15-7-11(14-9(15)4)20(18,19)13-6-10(8(2)3)12(16)17/h7-8,10,13H,5-6H2,1-4H3,(H,16,17). The molecule has 2 N–H and O–H groups in total. The van der Waals surface area contributed by atoms with Crippen LogP contribution in [0.3, 0.4) is 0 Å². The van der Waals surface area contributed by atoms with Crippen molar-refractivity contribution in [3.05, 3.63) is 12.0 Å². The number of aryl methyl sites for hydroxylation is 2. The molecule has 0 aliphatic rings. The number of aliphatic carboxylic acids is 1. The highest BCUT2D eigenvalue weighted by atomic mass is 32.2. The molecule has 0 saturated carbocycles. The van der Waals surface area contributed by atoms with Crippen molar-refractivity contribution in [2.45, 2.75) is 39.3 Å². The van der Waals surface area contributed by atoms with Gasteiger partial charge in [0.05, 0.1) is 5.92 Å². The molecule has 0 aliphatic heterocycles. The topological polar surface area (TPSA) is 101 Å². The van der Waals surface area contributed by atoms with Crippen LogP contribution in [0.25, 0.3) is 0 Å². The molecule has 0 aromatic carbocycles. The molecule has 1 aromatic heterocycles. The molecule has 1 heterocycles. The van der Waals surface area contributed by atoms with Crippen molar-refractivity contribution in [1.82, 2.24) is 14.3 Å². The number of nitrogens with one attached hydrogen (secondary N) is 1. The second-order valence-electron chi connectivity index (χ2n) is 4.95. The van der Waals surface area contributed by atoms with E-state index in [1.54, 1.807) is 25.3 Å². The summed E-state index contributed by atoms with van der Waals surface area (Å²) in [5, 5.41) is 8.96. The number of carbonyl (C=O) groups is 1. The summed E-state index contributed by atoms with van der Waals surface area (Å²) in [6.45, 7) is 7.56. The van der Waals surface area contributed by atoms with Crippen molar-refractivity contribution in [2.24, 2.45) is 11.8 Å². The summed E-state index contributed by atoms with van der Waals surface area (Å²) in [7, 11) is -3.78. The lowest BCUT2D eigenvalue weighted by atomic mass is 9.97. The first-order chi connectivity index (χ1) is 9.19. The van der Waals surface area contributed by atoms with Crippen molar-refractivity contribution in [1.29, 1.82) is 0 Å². The Kier molecular flexibility index (Phi) is 5.29. The maximum Gasteiger partial charge on any atom is 0.308 e. The Labute approximate surface area is 119 Å². The summed E-state index contributed by atoms with van der Waals surface area (Å²) >= 11 is 0. The number of imidazole rings is 1. The second kappa shape index (κ2) is 6.36. The van der Waals surface area contributed by atoms with Crippen LogP contribution >= 0.6 is 0 Å². The van der Waals surface area contributed by atoms with Gasteiger partial charge in [0.2, 0.25) is 0 Å². The molecule has 0 bridgehead atoms.